The molecule has 0 aromatic heterocycles. The van der Waals surface area contributed by atoms with Crippen LogP contribution >= 0.6 is 7.14 Å². The van der Waals surface area contributed by atoms with E-state index in [1.807, 2.05) is 0 Å². The van der Waals surface area contributed by atoms with E-state index in [9.17, 15) is 4.57 Å². The van der Waals surface area contributed by atoms with Crippen LogP contribution in [0.15, 0.2) is 48.5 Å². The van der Waals surface area contributed by atoms with Crippen LogP contribution in [-0.2, 0) is 15.4 Å². The van der Waals surface area contributed by atoms with Crippen molar-refractivity contribution in [3.05, 3.63) is 59.7 Å². The summed E-state index contributed by atoms with van der Waals surface area (Å²) in [4.78, 5) is 0. The third-order valence-electron chi connectivity index (χ3n) is 5.71. The largest absolute Gasteiger partial charge is 0.312 e. The molecule has 1 heterocycles. The van der Waals surface area contributed by atoms with Gasteiger partial charge in [-0.15, -0.1) is 0 Å². The Morgan fingerprint density at radius 3 is 1.48 bits per heavy atom. The molecule has 0 aliphatic carbocycles. The van der Waals surface area contributed by atoms with E-state index in [1.165, 1.54) is 11.1 Å². The van der Waals surface area contributed by atoms with Crippen molar-refractivity contribution in [2.45, 2.75) is 71.0 Å². The number of nitrogens with one attached hydrogen (secondary N) is 1. The molecule has 0 unspecified atom stereocenters. The number of hydrogen-bond donors (Lipinski definition) is 1. The van der Waals surface area contributed by atoms with Crippen molar-refractivity contribution in [3.8, 4) is 0 Å². The Balaban J connectivity index is 2.06. The van der Waals surface area contributed by atoms with Crippen LogP contribution in [0, 0.1) is 0 Å². The van der Waals surface area contributed by atoms with Crippen molar-refractivity contribution in [1.82, 2.24) is 5.32 Å². The first kappa shape index (κ1) is 20.4. The number of benzene rings is 2. The lowest BCUT2D eigenvalue weighted by Crippen LogP contribution is -2.32. The highest BCUT2D eigenvalue weighted by Crippen LogP contribution is 2.50. The maximum atomic E-state index is 14.5. The molecule has 2 aromatic carbocycles. The molecule has 1 saturated heterocycles. The minimum absolute atomic E-state index is 0.0403. The monoisotopic (exact) mass is 383 g/mol. The Hall–Kier alpha value is -1.37. The molecular weight excluding hydrogens is 349 g/mol. The molecule has 0 bridgehead atoms. The third-order valence-corrected chi connectivity index (χ3v) is 9.16. The van der Waals surface area contributed by atoms with Gasteiger partial charge in [-0.2, -0.15) is 0 Å². The fourth-order valence-electron chi connectivity index (χ4n) is 3.85. The Morgan fingerprint density at radius 2 is 1.19 bits per heavy atom. The predicted octanol–water partition coefficient (Wildman–Crippen LogP) is 5.31. The average Bonchev–Trinajstić information content (AvgIpc) is 3.15. The van der Waals surface area contributed by atoms with Gasteiger partial charge < -0.3 is 9.88 Å². The van der Waals surface area contributed by atoms with Gasteiger partial charge >= 0.3 is 0 Å². The van der Waals surface area contributed by atoms with Crippen LogP contribution < -0.4 is 15.9 Å². The minimum atomic E-state index is -2.73. The van der Waals surface area contributed by atoms with Crippen LogP contribution in [0.2, 0.25) is 0 Å². The zero-order valence-electron chi connectivity index (χ0n) is 17.7. The van der Waals surface area contributed by atoms with Gasteiger partial charge in [-0.05, 0) is 41.3 Å². The second-order valence-electron chi connectivity index (χ2n) is 9.86. The fourth-order valence-corrected chi connectivity index (χ4v) is 6.99. The van der Waals surface area contributed by atoms with Crippen LogP contribution in [0.25, 0.3) is 0 Å². The highest BCUT2D eigenvalue weighted by atomic mass is 31.2. The second kappa shape index (κ2) is 7.22. The van der Waals surface area contributed by atoms with E-state index < -0.39 is 7.14 Å². The molecule has 27 heavy (non-hydrogen) atoms. The molecule has 1 aliphatic heterocycles. The molecule has 0 radical (unpaired) electrons. The molecule has 0 spiro atoms. The lowest BCUT2D eigenvalue weighted by atomic mass is 9.87. The zero-order chi connectivity index (χ0) is 19.9. The van der Waals surface area contributed by atoms with Crippen LogP contribution in [0.5, 0.6) is 0 Å². The fraction of sp³-hybridized carbons (Fsp3) is 0.500. The second-order valence-corrected chi connectivity index (χ2v) is 12.8. The summed E-state index contributed by atoms with van der Waals surface area (Å²) in [6.45, 7) is 14.2. The predicted molar refractivity (Wildman–Crippen MR) is 118 cm³/mol. The lowest BCUT2D eigenvalue weighted by molar-refractivity contribution is 0.571. The van der Waals surface area contributed by atoms with Crippen molar-refractivity contribution in [2.75, 3.05) is 6.54 Å². The Kier molecular flexibility index (Phi) is 5.45. The van der Waals surface area contributed by atoms with E-state index in [0.29, 0.717) is 0 Å². The Morgan fingerprint density at radius 1 is 0.778 bits per heavy atom. The van der Waals surface area contributed by atoms with Crippen molar-refractivity contribution >= 4 is 17.8 Å². The van der Waals surface area contributed by atoms with Gasteiger partial charge in [-0.25, -0.2) is 0 Å². The van der Waals surface area contributed by atoms with Gasteiger partial charge in [0.05, 0.1) is 5.78 Å². The highest BCUT2D eigenvalue weighted by Gasteiger charge is 2.38. The maximum Gasteiger partial charge on any atom is 0.159 e. The van der Waals surface area contributed by atoms with Crippen LogP contribution in [0.1, 0.15) is 65.5 Å². The van der Waals surface area contributed by atoms with Gasteiger partial charge in [0.1, 0.15) is 0 Å². The van der Waals surface area contributed by atoms with E-state index in [0.717, 1.165) is 30.0 Å². The van der Waals surface area contributed by atoms with Crippen molar-refractivity contribution in [2.24, 2.45) is 0 Å². The molecular formula is C24H34NOP. The summed E-state index contributed by atoms with van der Waals surface area (Å²) in [6.07, 6.45) is 2.06. The molecule has 3 heteroatoms. The summed E-state index contributed by atoms with van der Waals surface area (Å²) in [7, 11) is -2.73. The third kappa shape index (κ3) is 4.08. The van der Waals surface area contributed by atoms with E-state index in [2.05, 4.69) is 95.4 Å². The van der Waals surface area contributed by atoms with E-state index in [-0.39, 0.29) is 16.6 Å². The topological polar surface area (TPSA) is 29.1 Å². The molecule has 1 fully saturated rings. The summed E-state index contributed by atoms with van der Waals surface area (Å²) in [5.74, 6) is 0.0403. The molecule has 3 rings (SSSR count). The van der Waals surface area contributed by atoms with Gasteiger partial charge in [0.15, 0.2) is 7.14 Å². The first-order valence-electron chi connectivity index (χ1n) is 10.1. The highest BCUT2D eigenvalue weighted by molar-refractivity contribution is 7.79. The van der Waals surface area contributed by atoms with Crippen molar-refractivity contribution in [3.63, 3.8) is 0 Å². The first-order valence-corrected chi connectivity index (χ1v) is 11.9. The maximum absolute atomic E-state index is 14.5. The quantitative estimate of drug-likeness (QED) is 0.728. The first-order chi connectivity index (χ1) is 12.5. The molecule has 1 aliphatic rings. The van der Waals surface area contributed by atoms with E-state index >= 15 is 0 Å². The van der Waals surface area contributed by atoms with Gasteiger partial charge in [0, 0.05) is 10.6 Å². The molecule has 0 saturated carbocycles. The van der Waals surface area contributed by atoms with Gasteiger partial charge in [0.2, 0.25) is 0 Å². The Labute approximate surface area is 165 Å². The van der Waals surface area contributed by atoms with Crippen molar-refractivity contribution in [1.29, 1.82) is 0 Å². The van der Waals surface area contributed by atoms with Crippen molar-refractivity contribution < 1.29 is 4.57 Å². The summed E-state index contributed by atoms with van der Waals surface area (Å²) in [6, 6.07) is 17.0. The standard InChI is InChI=1S/C24H34NOP/c1-23(2,3)18-9-13-20(14-10-18)27(26,22-8-7-17-25-22)21-15-11-19(12-16-21)24(4,5)6/h9-16,22,25H,7-8,17H2,1-6H3/t22-/m1/s1. The normalized spacial score (nSPS) is 18.7. The summed E-state index contributed by atoms with van der Waals surface area (Å²) in [5, 5.41) is 5.46. The van der Waals surface area contributed by atoms with Gasteiger partial charge in [0.25, 0.3) is 0 Å². The number of rotatable bonds is 3. The summed E-state index contributed by atoms with van der Waals surface area (Å²) in [5.41, 5.74) is 2.76. The summed E-state index contributed by atoms with van der Waals surface area (Å²) >= 11 is 0. The molecule has 2 nitrogen and oxygen atoms in total. The van der Waals surface area contributed by atoms with E-state index in [1.54, 1.807) is 0 Å². The van der Waals surface area contributed by atoms with Crippen LogP contribution in [0.4, 0.5) is 0 Å². The smallest absolute Gasteiger partial charge is 0.159 e. The molecule has 0 amide bonds. The SMILES string of the molecule is CC(C)(C)c1ccc(P(=O)(c2ccc(C(C)(C)C)cc2)[C@@H]2CCCN2)cc1. The van der Waals surface area contributed by atoms with E-state index in [4.69, 9.17) is 0 Å². The van der Waals surface area contributed by atoms with Crippen LogP contribution in [-0.4, -0.2) is 12.3 Å². The Bertz CT molecular complexity index is 755. The average molecular weight is 384 g/mol. The van der Waals surface area contributed by atoms with Crippen LogP contribution in [0.3, 0.4) is 0 Å². The minimum Gasteiger partial charge on any atom is -0.312 e. The molecule has 1 atom stereocenters. The van der Waals surface area contributed by atoms with Gasteiger partial charge in [-0.3, -0.25) is 0 Å². The molecule has 2 aromatic rings. The molecule has 146 valence electrons. The summed E-state index contributed by atoms with van der Waals surface area (Å²) < 4.78 is 14.5. The van der Waals surface area contributed by atoms with Gasteiger partial charge in [-0.1, -0.05) is 90.1 Å². The molecule has 1 N–H and O–H groups in total. The number of hydrogen-bond acceptors (Lipinski definition) is 2. The zero-order valence-corrected chi connectivity index (χ0v) is 18.6. The lowest BCUT2D eigenvalue weighted by Gasteiger charge is -2.28.